The highest BCUT2D eigenvalue weighted by Crippen LogP contribution is 2.47. The second kappa shape index (κ2) is 14.1. The van der Waals surface area contributed by atoms with E-state index in [1.807, 2.05) is 48.8 Å². The first-order valence-electron chi connectivity index (χ1n) is 18.1. The predicted octanol–water partition coefficient (Wildman–Crippen LogP) is 12.0. The van der Waals surface area contributed by atoms with Crippen LogP contribution in [0.1, 0.15) is 29.8 Å². The van der Waals surface area contributed by atoms with Crippen molar-refractivity contribution in [3.05, 3.63) is 205 Å². The minimum atomic E-state index is 0.0766. The first-order chi connectivity index (χ1) is 26.2. The second-order valence-corrected chi connectivity index (χ2v) is 13.5. The van der Waals surface area contributed by atoms with Crippen LogP contribution in [0.25, 0.3) is 66.9 Å². The Morgan fingerprint density at radius 3 is 1.91 bits per heavy atom. The number of hydrogen-bond donors (Lipinski definition) is 0. The molecule has 2 unspecified atom stereocenters. The van der Waals surface area contributed by atoms with E-state index >= 15 is 0 Å². The van der Waals surface area contributed by atoms with Crippen LogP contribution in [0.3, 0.4) is 0 Å². The van der Waals surface area contributed by atoms with Gasteiger partial charge < -0.3 is 0 Å². The number of nitrogens with zero attached hydrogens (tertiary/aromatic N) is 4. The molecule has 2 atom stereocenters. The molecule has 0 spiro atoms. The van der Waals surface area contributed by atoms with Gasteiger partial charge in [-0.1, -0.05) is 140 Å². The average Bonchev–Trinajstić information content (AvgIpc) is 3.24. The highest BCUT2D eigenvalue weighted by molar-refractivity contribution is 6.04. The lowest BCUT2D eigenvalue weighted by atomic mass is 9.74. The van der Waals surface area contributed by atoms with Gasteiger partial charge in [-0.15, -0.1) is 0 Å². The van der Waals surface area contributed by atoms with Gasteiger partial charge in [0.25, 0.3) is 0 Å². The molecule has 1 aliphatic rings. The number of benzene rings is 5. The normalized spacial score (nSPS) is 15.5. The fourth-order valence-electron chi connectivity index (χ4n) is 7.53. The van der Waals surface area contributed by atoms with Crippen LogP contribution in [0.5, 0.6) is 0 Å². The summed E-state index contributed by atoms with van der Waals surface area (Å²) in [7, 11) is 0. The molecule has 4 nitrogen and oxygen atoms in total. The van der Waals surface area contributed by atoms with Crippen LogP contribution in [0, 0.1) is 5.92 Å². The Morgan fingerprint density at radius 2 is 1.15 bits per heavy atom. The number of fused-ring (bicyclic) bond motifs is 1. The lowest BCUT2D eigenvalue weighted by molar-refractivity contribution is 0.639. The zero-order chi connectivity index (χ0) is 35.6. The van der Waals surface area contributed by atoms with E-state index in [9.17, 15) is 0 Å². The summed E-state index contributed by atoms with van der Waals surface area (Å²) in [5.41, 5.74) is 12.7. The smallest absolute Gasteiger partial charge is 0.160 e. The first kappa shape index (κ1) is 32.1. The SMILES string of the molecule is CC1C(c2ccc3ccccc3c2-c2cccc(-c3cc(-c4ccccc4)nc(-c4ccccc4)n3)c2)=CC(c2ccccn2)=CC1c1ccccn1. The lowest BCUT2D eigenvalue weighted by Crippen LogP contribution is -2.16. The zero-order valence-corrected chi connectivity index (χ0v) is 29.3. The van der Waals surface area contributed by atoms with Crippen LogP contribution in [0.4, 0.5) is 0 Å². The predicted molar refractivity (Wildman–Crippen MR) is 218 cm³/mol. The van der Waals surface area contributed by atoms with Gasteiger partial charge in [0.2, 0.25) is 0 Å². The minimum absolute atomic E-state index is 0.0766. The van der Waals surface area contributed by atoms with Gasteiger partial charge in [0.1, 0.15) is 0 Å². The maximum absolute atomic E-state index is 5.16. The summed E-state index contributed by atoms with van der Waals surface area (Å²) in [4.78, 5) is 19.8. The van der Waals surface area contributed by atoms with Crippen molar-refractivity contribution in [2.75, 3.05) is 0 Å². The lowest BCUT2D eigenvalue weighted by Gasteiger charge is -2.30. The highest BCUT2D eigenvalue weighted by Gasteiger charge is 2.29. The van der Waals surface area contributed by atoms with Crippen molar-refractivity contribution in [3.8, 4) is 45.0 Å². The molecular formula is C49H36N4. The quantitative estimate of drug-likeness (QED) is 0.168. The van der Waals surface area contributed by atoms with E-state index < -0.39 is 0 Å². The summed E-state index contributed by atoms with van der Waals surface area (Å²) in [5, 5.41) is 2.40. The monoisotopic (exact) mass is 680 g/mol. The molecule has 1 aliphatic carbocycles. The molecule has 0 saturated carbocycles. The maximum atomic E-state index is 5.16. The molecule has 0 aliphatic heterocycles. The third kappa shape index (κ3) is 6.36. The van der Waals surface area contributed by atoms with Crippen LogP contribution in [-0.4, -0.2) is 19.9 Å². The molecule has 0 amide bonds. The average molecular weight is 681 g/mol. The van der Waals surface area contributed by atoms with Crippen molar-refractivity contribution in [2.24, 2.45) is 5.92 Å². The number of allylic oxidation sites excluding steroid dienone is 4. The van der Waals surface area contributed by atoms with Crippen LogP contribution in [0.2, 0.25) is 0 Å². The number of pyridine rings is 2. The fraction of sp³-hybridized carbons (Fsp3) is 0.0612. The van der Waals surface area contributed by atoms with Crippen molar-refractivity contribution >= 4 is 21.9 Å². The van der Waals surface area contributed by atoms with Crippen molar-refractivity contribution in [2.45, 2.75) is 12.8 Å². The van der Waals surface area contributed by atoms with Gasteiger partial charge in [0.15, 0.2) is 5.82 Å². The number of hydrogen-bond acceptors (Lipinski definition) is 4. The number of rotatable bonds is 7. The van der Waals surface area contributed by atoms with Crippen molar-refractivity contribution < 1.29 is 0 Å². The third-order valence-corrected chi connectivity index (χ3v) is 10.2. The van der Waals surface area contributed by atoms with E-state index in [1.54, 1.807) is 0 Å². The van der Waals surface area contributed by atoms with Gasteiger partial charge >= 0.3 is 0 Å². The summed E-state index contributed by atoms with van der Waals surface area (Å²) in [6, 6.07) is 57.0. The van der Waals surface area contributed by atoms with Crippen molar-refractivity contribution in [1.29, 1.82) is 0 Å². The Kier molecular flexibility index (Phi) is 8.55. The largest absolute Gasteiger partial charge is 0.261 e. The van der Waals surface area contributed by atoms with Gasteiger partial charge in [-0.2, -0.15) is 0 Å². The van der Waals surface area contributed by atoms with E-state index in [1.165, 1.54) is 27.5 Å². The van der Waals surface area contributed by atoms with Gasteiger partial charge in [0.05, 0.1) is 17.1 Å². The summed E-state index contributed by atoms with van der Waals surface area (Å²) >= 11 is 0. The Labute approximate surface area is 310 Å². The van der Waals surface area contributed by atoms with Gasteiger partial charge in [0, 0.05) is 40.7 Å². The van der Waals surface area contributed by atoms with E-state index in [0.717, 1.165) is 50.6 Å². The Morgan fingerprint density at radius 1 is 0.491 bits per heavy atom. The first-order valence-corrected chi connectivity index (χ1v) is 18.1. The molecule has 252 valence electrons. The molecule has 0 bridgehead atoms. The van der Waals surface area contributed by atoms with Crippen LogP contribution in [-0.2, 0) is 0 Å². The molecule has 53 heavy (non-hydrogen) atoms. The molecule has 3 heterocycles. The van der Waals surface area contributed by atoms with Gasteiger partial charge in [-0.05, 0) is 87.0 Å². The van der Waals surface area contributed by atoms with Crippen LogP contribution >= 0.6 is 0 Å². The highest BCUT2D eigenvalue weighted by atomic mass is 14.9. The summed E-state index contributed by atoms with van der Waals surface area (Å²) in [6.07, 6.45) is 8.43. The topological polar surface area (TPSA) is 51.6 Å². The summed E-state index contributed by atoms with van der Waals surface area (Å²) < 4.78 is 0. The number of aromatic nitrogens is 4. The standard InChI is InChI=1S/C49H36N4/c1-33-42(30-39(44-23-10-12-27-50-44)31-43(33)45-24-11-13-28-51-45)41-26-25-34-15-8-9-22-40(34)48(41)38-21-14-20-37(29-38)47-32-46(35-16-4-2-5-17-35)52-49(53-47)36-18-6-3-7-19-36/h2-33,43H,1H3. The van der Waals surface area contributed by atoms with E-state index in [2.05, 4.69) is 146 Å². The molecule has 0 radical (unpaired) electrons. The Bertz CT molecular complexity index is 2560. The third-order valence-electron chi connectivity index (χ3n) is 10.2. The maximum Gasteiger partial charge on any atom is 0.160 e. The van der Waals surface area contributed by atoms with Crippen molar-refractivity contribution in [1.82, 2.24) is 19.9 Å². The summed E-state index contributed by atoms with van der Waals surface area (Å²) in [6.45, 7) is 2.32. The van der Waals surface area contributed by atoms with Crippen LogP contribution in [0.15, 0.2) is 188 Å². The molecule has 0 fully saturated rings. The molecule has 9 rings (SSSR count). The van der Waals surface area contributed by atoms with E-state index in [4.69, 9.17) is 19.9 Å². The van der Waals surface area contributed by atoms with Crippen LogP contribution < -0.4 is 0 Å². The molecule has 4 heteroatoms. The van der Waals surface area contributed by atoms with Crippen molar-refractivity contribution in [3.63, 3.8) is 0 Å². The molecule has 0 N–H and O–H groups in total. The van der Waals surface area contributed by atoms with E-state index in [-0.39, 0.29) is 11.8 Å². The molecule has 3 aromatic heterocycles. The second-order valence-electron chi connectivity index (χ2n) is 13.5. The van der Waals surface area contributed by atoms with Gasteiger partial charge in [-0.3, -0.25) is 9.97 Å². The Hall–Kier alpha value is -6.78. The van der Waals surface area contributed by atoms with E-state index in [0.29, 0.717) is 5.82 Å². The molecule has 0 saturated heterocycles. The Balaban J connectivity index is 1.23. The summed E-state index contributed by atoms with van der Waals surface area (Å²) in [5.74, 6) is 0.936. The molecule has 5 aromatic carbocycles. The fourth-order valence-corrected chi connectivity index (χ4v) is 7.53. The molecule has 8 aromatic rings. The zero-order valence-electron chi connectivity index (χ0n) is 29.3. The van der Waals surface area contributed by atoms with Gasteiger partial charge in [-0.25, -0.2) is 9.97 Å². The minimum Gasteiger partial charge on any atom is -0.261 e. The molecular weight excluding hydrogens is 645 g/mol.